The third kappa shape index (κ3) is 7.02. The van der Waals surface area contributed by atoms with Gasteiger partial charge in [-0.05, 0) is 56.9 Å². The van der Waals surface area contributed by atoms with Gasteiger partial charge >= 0.3 is 0 Å². The van der Waals surface area contributed by atoms with E-state index in [2.05, 4.69) is 51.1 Å². The van der Waals surface area contributed by atoms with Gasteiger partial charge in [0.1, 0.15) is 6.10 Å². The van der Waals surface area contributed by atoms with E-state index in [9.17, 15) is 0 Å². The first kappa shape index (κ1) is 19.5. The van der Waals surface area contributed by atoms with Gasteiger partial charge in [-0.3, -0.25) is 0 Å². The number of allylic oxidation sites excluding steroid dienone is 3. The topological polar surface area (TPSA) is 27.7 Å². The van der Waals surface area contributed by atoms with E-state index in [1.54, 1.807) is 7.11 Å². The molecule has 2 unspecified atom stereocenters. The second-order valence-corrected chi connectivity index (χ2v) is 5.90. The average molecular weight is 318 g/mol. The average Bonchev–Trinajstić information content (AvgIpc) is 2.57. The summed E-state index contributed by atoms with van der Waals surface area (Å²) in [7, 11) is 1.68. The maximum absolute atomic E-state index is 5.75. The molecule has 0 aliphatic rings. The van der Waals surface area contributed by atoms with Crippen LogP contribution in [0.4, 0.5) is 0 Å². The second-order valence-electron chi connectivity index (χ2n) is 5.90. The molecule has 1 aromatic rings. The minimum Gasteiger partial charge on any atom is -0.496 e. The monoisotopic (exact) mass is 318 g/mol. The Bertz CT molecular complexity index is 514. The Morgan fingerprint density at radius 1 is 0.957 bits per heavy atom. The molecule has 0 fully saturated rings. The molecule has 0 saturated carbocycles. The lowest BCUT2D eigenvalue weighted by Crippen LogP contribution is -2.21. The van der Waals surface area contributed by atoms with Gasteiger partial charge in [-0.25, -0.2) is 0 Å². The molecule has 3 heteroatoms. The van der Waals surface area contributed by atoms with Gasteiger partial charge in [0.25, 0.3) is 0 Å². The lowest BCUT2D eigenvalue weighted by atomic mass is 10.0. The molecule has 0 heterocycles. The Labute approximate surface area is 141 Å². The van der Waals surface area contributed by atoms with Crippen LogP contribution in [0.5, 0.6) is 0 Å². The Morgan fingerprint density at radius 3 is 2.04 bits per heavy atom. The normalized spacial score (nSPS) is 15.4. The summed E-state index contributed by atoms with van der Waals surface area (Å²) in [5, 5.41) is 0. The summed E-state index contributed by atoms with van der Waals surface area (Å²) >= 11 is 0. The van der Waals surface area contributed by atoms with Crippen molar-refractivity contribution >= 4 is 11.1 Å². The fourth-order valence-corrected chi connectivity index (χ4v) is 2.07. The van der Waals surface area contributed by atoms with Gasteiger partial charge < -0.3 is 14.2 Å². The predicted molar refractivity (Wildman–Crippen MR) is 97.3 cm³/mol. The van der Waals surface area contributed by atoms with Gasteiger partial charge in [-0.15, -0.1) is 0 Å². The molecule has 1 aromatic carbocycles. The quantitative estimate of drug-likeness (QED) is 0.604. The second kappa shape index (κ2) is 10.2. The summed E-state index contributed by atoms with van der Waals surface area (Å²) in [5.41, 5.74) is 4.80. The highest BCUT2D eigenvalue weighted by Crippen LogP contribution is 2.19. The first-order valence-electron chi connectivity index (χ1n) is 8.14. The number of hydrogen-bond acceptors (Lipinski definition) is 3. The highest BCUT2D eigenvalue weighted by Gasteiger charge is 2.06. The third-order valence-electron chi connectivity index (χ3n) is 3.72. The summed E-state index contributed by atoms with van der Waals surface area (Å²) in [6.45, 7) is 11.4. The van der Waals surface area contributed by atoms with Crippen molar-refractivity contribution in [1.82, 2.24) is 0 Å². The van der Waals surface area contributed by atoms with E-state index < -0.39 is 0 Å². The zero-order valence-electron chi connectivity index (χ0n) is 15.3. The van der Waals surface area contributed by atoms with E-state index >= 15 is 0 Å². The summed E-state index contributed by atoms with van der Waals surface area (Å²) in [4.78, 5) is 0. The Hall–Kier alpha value is -1.58. The van der Waals surface area contributed by atoms with Crippen molar-refractivity contribution in [3.63, 3.8) is 0 Å². The molecule has 0 saturated heterocycles. The van der Waals surface area contributed by atoms with Crippen LogP contribution in [-0.2, 0) is 14.2 Å². The molecular formula is C20H30O3. The number of ether oxygens (including phenoxy) is 3. The van der Waals surface area contributed by atoms with E-state index in [1.165, 1.54) is 16.7 Å². The standard InChI is InChI=1S/C20H30O3/c1-7-15(2)19-8-10-20(11-9-19)16(3)12-22-18(5)14-23-17(4)13-21-6/h7-12,17-18H,13-14H2,1-6H3/b15-7+,16-12+. The maximum atomic E-state index is 5.75. The lowest BCUT2D eigenvalue weighted by Gasteiger charge is -2.16. The van der Waals surface area contributed by atoms with Crippen LogP contribution in [-0.4, -0.2) is 32.5 Å². The summed E-state index contributed by atoms with van der Waals surface area (Å²) < 4.78 is 16.4. The SMILES string of the molecule is C/C=C(\C)c1ccc(/C(C)=C/OC(C)COC(C)COC)cc1. The molecule has 0 bridgehead atoms. The molecule has 0 aliphatic heterocycles. The molecule has 1 rings (SSSR count). The predicted octanol–water partition coefficient (Wildman–Crippen LogP) is 4.93. The van der Waals surface area contributed by atoms with Crippen LogP contribution in [0.25, 0.3) is 11.1 Å². The van der Waals surface area contributed by atoms with Crippen molar-refractivity contribution in [2.24, 2.45) is 0 Å². The fourth-order valence-electron chi connectivity index (χ4n) is 2.07. The van der Waals surface area contributed by atoms with Crippen molar-refractivity contribution in [3.05, 3.63) is 47.7 Å². The fraction of sp³-hybridized carbons (Fsp3) is 0.500. The maximum Gasteiger partial charge on any atom is 0.118 e. The van der Waals surface area contributed by atoms with E-state index in [-0.39, 0.29) is 12.2 Å². The van der Waals surface area contributed by atoms with Gasteiger partial charge in [0.05, 0.1) is 25.6 Å². The zero-order chi connectivity index (χ0) is 17.2. The molecule has 128 valence electrons. The lowest BCUT2D eigenvalue weighted by molar-refractivity contribution is -0.0302. The summed E-state index contributed by atoms with van der Waals surface area (Å²) in [6, 6.07) is 8.53. The Balaban J connectivity index is 2.53. The van der Waals surface area contributed by atoms with Crippen LogP contribution in [0, 0.1) is 0 Å². The molecule has 3 nitrogen and oxygen atoms in total. The summed E-state index contributed by atoms with van der Waals surface area (Å²) in [5.74, 6) is 0. The minimum absolute atomic E-state index is 0.00815. The molecule has 0 aliphatic carbocycles. The number of hydrogen-bond donors (Lipinski definition) is 0. The van der Waals surface area contributed by atoms with Crippen LogP contribution in [0.1, 0.15) is 45.7 Å². The van der Waals surface area contributed by atoms with Crippen LogP contribution in [0.15, 0.2) is 36.6 Å². The van der Waals surface area contributed by atoms with Crippen LogP contribution >= 0.6 is 0 Å². The van der Waals surface area contributed by atoms with Crippen molar-refractivity contribution < 1.29 is 14.2 Å². The Kier molecular flexibility index (Phi) is 8.67. The minimum atomic E-state index is 0.00815. The molecule has 0 radical (unpaired) electrons. The van der Waals surface area contributed by atoms with E-state index in [0.29, 0.717) is 13.2 Å². The molecular weight excluding hydrogens is 288 g/mol. The molecule has 23 heavy (non-hydrogen) atoms. The largest absolute Gasteiger partial charge is 0.496 e. The van der Waals surface area contributed by atoms with Gasteiger partial charge in [0.2, 0.25) is 0 Å². The smallest absolute Gasteiger partial charge is 0.118 e. The van der Waals surface area contributed by atoms with Crippen molar-refractivity contribution in [2.45, 2.75) is 46.8 Å². The van der Waals surface area contributed by atoms with E-state index in [0.717, 1.165) is 5.57 Å². The number of methoxy groups -OCH3 is 1. The van der Waals surface area contributed by atoms with Gasteiger partial charge in [0, 0.05) is 7.11 Å². The van der Waals surface area contributed by atoms with Crippen molar-refractivity contribution in [1.29, 1.82) is 0 Å². The molecule has 2 atom stereocenters. The van der Waals surface area contributed by atoms with Crippen LogP contribution in [0.3, 0.4) is 0 Å². The van der Waals surface area contributed by atoms with Crippen molar-refractivity contribution in [3.8, 4) is 0 Å². The number of benzene rings is 1. The first-order chi connectivity index (χ1) is 11.0. The first-order valence-corrected chi connectivity index (χ1v) is 8.14. The van der Waals surface area contributed by atoms with Crippen LogP contribution in [0.2, 0.25) is 0 Å². The molecule has 0 N–H and O–H groups in total. The zero-order valence-corrected chi connectivity index (χ0v) is 15.3. The Morgan fingerprint density at radius 2 is 1.52 bits per heavy atom. The van der Waals surface area contributed by atoms with Gasteiger partial charge in [-0.2, -0.15) is 0 Å². The molecule has 0 amide bonds. The molecule has 0 aromatic heterocycles. The highest BCUT2D eigenvalue weighted by atomic mass is 16.5. The van der Waals surface area contributed by atoms with E-state index in [4.69, 9.17) is 14.2 Å². The van der Waals surface area contributed by atoms with Crippen LogP contribution < -0.4 is 0 Å². The van der Waals surface area contributed by atoms with E-state index in [1.807, 2.05) is 20.1 Å². The summed E-state index contributed by atoms with van der Waals surface area (Å²) in [6.07, 6.45) is 4.02. The highest BCUT2D eigenvalue weighted by molar-refractivity contribution is 5.68. The van der Waals surface area contributed by atoms with Gasteiger partial charge in [0.15, 0.2) is 0 Å². The van der Waals surface area contributed by atoms with Crippen molar-refractivity contribution in [2.75, 3.05) is 20.3 Å². The third-order valence-corrected chi connectivity index (χ3v) is 3.72. The number of rotatable bonds is 9. The molecule has 0 spiro atoms. The van der Waals surface area contributed by atoms with Gasteiger partial charge in [-0.1, -0.05) is 30.3 Å².